The van der Waals surface area contributed by atoms with Gasteiger partial charge in [-0.05, 0) is 52.0 Å². The highest BCUT2D eigenvalue weighted by atomic mass is 32.2. The first kappa shape index (κ1) is 19.9. The summed E-state index contributed by atoms with van der Waals surface area (Å²) < 4.78 is 32.1. The highest BCUT2D eigenvalue weighted by Gasteiger charge is 2.35. The molecule has 0 aliphatic heterocycles. The maximum Gasteiger partial charge on any atom is 0.250 e. The second-order valence-electron chi connectivity index (χ2n) is 7.02. The number of sulfone groups is 1. The molecule has 1 heterocycles. The van der Waals surface area contributed by atoms with Crippen LogP contribution in [0.15, 0.2) is 29.4 Å². The molecule has 8 nitrogen and oxygen atoms in total. The Morgan fingerprint density at radius 2 is 1.77 bits per heavy atom. The maximum absolute atomic E-state index is 12.8. The summed E-state index contributed by atoms with van der Waals surface area (Å²) in [4.78, 5) is 12.3. The summed E-state index contributed by atoms with van der Waals surface area (Å²) in [5.41, 5.74) is 0.156. The molecule has 1 aromatic heterocycles. The minimum Gasteiger partial charge on any atom is -0.497 e. The van der Waals surface area contributed by atoms with Gasteiger partial charge in [0.2, 0.25) is 15.7 Å². The summed E-state index contributed by atoms with van der Waals surface area (Å²) in [7, 11) is -0.871. The molecule has 1 aromatic carbocycles. The number of ether oxygens (including phenoxy) is 1. The van der Waals surface area contributed by atoms with Gasteiger partial charge in [-0.15, -0.1) is 10.2 Å². The average Bonchev–Trinajstić information content (AvgIpc) is 2.95. The van der Waals surface area contributed by atoms with E-state index in [0.717, 1.165) is 0 Å². The molecule has 0 saturated heterocycles. The van der Waals surface area contributed by atoms with E-state index < -0.39 is 26.5 Å². The molecule has 9 heteroatoms. The molecular weight excluding hydrogens is 356 g/mol. The number of aromatic nitrogens is 3. The van der Waals surface area contributed by atoms with Gasteiger partial charge >= 0.3 is 0 Å². The van der Waals surface area contributed by atoms with Crippen molar-refractivity contribution in [3.8, 4) is 17.1 Å². The lowest BCUT2D eigenvalue weighted by atomic mass is 10.1. The van der Waals surface area contributed by atoms with E-state index in [4.69, 9.17) is 4.74 Å². The van der Waals surface area contributed by atoms with E-state index in [1.165, 1.54) is 11.5 Å². The Kier molecular flexibility index (Phi) is 5.41. The molecule has 2 rings (SSSR count). The fraction of sp³-hybridized carbons (Fsp3) is 0.471. The van der Waals surface area contributed by atoms with Gasteiger partial charge in [0.1, 0.15) is 11.0 Å². The molecule has 26 heavy (non-hydrogen) atoms. The normalized spacial score (nSPS) is 13.3. The van der Waals surface area contributed by atoms with Crippen LogP contribution in [-0.4, -0.2) is 47.0 Å². The molecule has 0 bridgehead atoms. The highest BCUT2D eigenvalue weighted by Crippen LogP contribution is 2.23. The number of nitrogens with one attached hydrogen (secondary N) is 1. The molecule has 1 N–H and O–H groups in total. The second-order valence-corrected chi connectivity index (χ2v) is 9.18. The van der Waals surface area contributed by atoms with E-state index in [1.54, 1.807) is 59.2 Å². The summed E-state index contributed by atoms with van der Waals surface area (Å²) in [6.45, 7) is 6.70. The fourth-order valence-electron chi connectivity index (χ4n) is 2.32. The first-order valence-electron chi connectivity index (χ1n) is 8.07. The summed E-state index contributed by atoms with van der Waals surface area (Å²) in [5, 5.41) is 8.95. The molecule has 2 aromatic rings. The Hall–Kier alpha value is -2.42. The molecule has 0 spiro atoms. The number of amides is 1. The van der Waals surface area contributed by atoms with Crippen LogP contribution in [0.25, 0.3) is 11.4 Å². The lowest BCUT2D eigenvalue weighted by Crippen LogP contribution is -2.47. The van der Waals surface area contributed by atoms with E-state index in [0.29, 0.717) is 17.1 Å². The molecule has 0 unspecified atom stereocenters. The molecule has 1 amide bonds. The van der Waals surface area contributed by atoms with Gasteiger partial charge in [-0.2, -0.15) is 0 Å². The third kappa shape index (κ3) is 4.04. The maximum atomic E-state index is 12.8. The van der Waals surface area contributed by atoms with Crippen molar-refractivity contribution in [1.29, 1.82) is 0 Å². The molecule has 0 saturated carbocycles. The first-order chi connectivity index (χ1) is 12.0. The van der Waals surface area contributed by atoms with Gasteiger partial charge in [-0.3, -0.25) is 4.79 Å². The highest BCUT2D eigenvalue weighted by molar-refractivity contribution is 7.92. The smallest absolute Gasteiger partial charge is 0.250 e. The zero-order chi connectivity index (χ0) is 19.7. The van der Waals surface area contributed by atoms with Crippen LogP contribution in [0.3, 0.4) is 0 Å². The molecule has 1 atom stereocenters. The SMILES string of the molecule is COc1ccc(-c2nnc(S(=O)(=O)[C@@H](C)C(=O)NC(C)(C)C)n2C)cc1. The summed E-state index contributed by atoms with van der Waals surface area (Å²) in [6.07, 6.45) is 0. The molecular formula is C17H24N4O4S. The van der Waals surface area contributed by atoms with E-state index in [2.05, 4.69) is 15.5 Å². The number of carbonyl (C=O) groups is 1. The van der Waals surface area contributed by atoms with Crippen LogP contribution in [-0.2, 0) is 21.7 Å². The van der Waals surface area contributed by atoms with Crippen molar-refractivity contribution < 1.29 is 17.9 Å². The van der Waals surface area contributed by atoms with Gasteiger partial charge in [0, 0.05) is 18.2 Å². The Balaban J connectivity index is 2.36. The fourth-order valence-corrected chi connectivity index (χ4v) is 3.60. The van der Waals surface area contributed by atoms with Crippen LogP contribution < -0.4 is 10.1 Å². The quantitative estimate of drug-likeness (QED) is 0.844. The number of nitrogens with zero attached hydrogens (tertiary/aromatic N) is 3. The van der Waals surface area contributed by atoms with E-state index >= 15 is 0 Å². The minimum absolute atomic E-state index is 0.250. The van der Waals surface area contributed by atoms with Crippen molar-refractivity contribution in [2.45, 2.75) is 43.6 Å². The largest absolute Gasteiger partial charge is 0.497 e. The van der Waals surface area contributed by atoms with Crippen LogP contribution in [0.5, 0.6) is 5.75 Å². The Labute approximate surface area is 153 Å². The van der Waals surface area contributed by atoms with Crippen molar-refractivity contribution in [1.82, 2.24) is 20.1 Å². The van der Waals surface area contributed by atoms with Crippen LogP contribution in [0, 0.1) is 0 Å². The van der Waals surface area contributed by atoms with Gasteiger partial charge in [0.15, 0.2) is 5.82 Å². The van der Waals surface area contributed by atoms with Crippen LogP contribution in [0.2, 0.25) is 0 Å². The predicted octanol–water partition coefficient (Wildman–Crippen LogP) is 1.57. The van der Waals surface area contributed by atoms with Crippen LogP contribution in [0.4, 0.5) is 0 Å². The first-order valence-corrected chi connectivity index (χ1v) is 9.62. The predicted molar refractivity (Wildman–Crippen MR) is 97.5 cm³/mol. The minimum atomic E-state index is -3.99. The van der Waals surface area contributed by atoms with Crippen LogP contribution >= 0.6 is 0 Å². The standard InChI is InChI=1S/C17H24N4O4S/c1-11(15(22)18-17(2,3)4)26(23,24)16-20-19-14(21(16)5)12-7-9-13(25-6)10-8-12/h7-11H,1-6H3,(H,18,22)/t11-/m0/s1. The van der Waals surface area contributed by atoms with Crippen LogP contribution in [0.1, 0.15) is 27.7 Å². The molecule has 0 aliphatic carbocycles. The summed E-state index contributed by atoms with van der Waals surface area (Å²) >= 11 is 0. The van der Waals surface area contributed by atoms with Gasteiger partial charge in [0.25, 0.3) is 5.16 Å². The third-order valence-corrected chi connectivity index (χ3v) is 5.78. The van der Waals surface area contributed by atoms with Crippen molar-refractivity contribution in [3.63, 3.8) is 0 Å². The molecule has 0 fully saturated rings. The number of hydrogen-bond donors (Lipinski definition) is 1. The number of carbonyl (C=O) groups excluding carboxylic acids is 1. The van der Waals surface area contributed by atoms with E-state index in [9.17, 15) is 13.2 Å². The second kappa shape index (κ2) is 7.06. The van der Waals surface area contributed by atoms with Crippen molar-refractivity contribution in [2.24, 2.45) is 7.05 Å². The van der Waals surface area contributed by atoms with Gasteiger partial charge < -0.3 is 14.6 Å². The van der Waals surface area contributed by atoms with Crippen molar-refractivity contribution in [3.05, 3.63) is 24.3 Å². The molecule has 0 radical (unpaired) electrons. The van der Waals surface area contributed by atoms with E-state index in [1.807, 2.05) is 0 Å². The molecule has 0 aliphatic rings. The monoisotopic (exact) mass is 380 g/mol. The average molecular weight is 380 g/mol. The van der Waals surface area contributed by atoms with Gasteiger partial charge in [-0.25, -0.2) is 8.42 Å². The topological polar surface area (TPSA) is 103 Å². The summed E-state index contributed by atoms with van der Waals surface area (Å²) in [5.74, 6) is 0.484. The number of methoxy groups -OCH3 is 1. The number of rotatable bonds is 5. The van der Waals surface area contributed by atoms with Gasteiger partial charge in [0.05, 0.1) is 7.11 Å². The van der Waals surface area contributed by atoms with Crippen molar-refractivity contribution >= 4 is 15.7 Å². The number of hydrogen-bond acceptors (Lipinski definition) is 6. The van der Waals surface area contributed by atoms with Crippen molar-refractivity contribution in [2.75, 3.05) is 7.11 Å². The Bertz CT molecular complexity index is 896. The van der Waals surface area contributed by atoms with E-state index in [-0.39, 0.29) is 5.16 Å². The lowest BCUT2D eigenvalue weighted by molar-refractivity contribution is -0.121. The zero-order valence-electron chi connectivity index (χ0n) is 15.8. The summed E-state index contributed by atoms with van der Waals surface area (Å²) in [6, 6.07) is 7.01. The number of benzene rings is 1. The van der Waals surface area contributed by atoms with Gasteiger partial charge in [-0.1, -0.05) is 0 Å². The molecule has 142 valence electrons. The zero-order valence-corrected chi connectivity index (χ0v) is 16.6. The lowest BCUT2D eigenvalue weighted by Gasteiger charge is -2.23. The Morgan fingerprint density at radius 3 is 2.27 bits per heavy atom. The third-order valence-electron chi connectivity index (χ3n) is 3.77. The Morgan fingerprint density at radius 1 is 1.19 bits per heavy atom.